The summed E-state index contributed by atoms with van der Waals surface area (Å²) in [6.07, 6.45) is 2.87. The molecule has 5 nitrogen and oxygen atoms in total. The number of halogens is 1. The first-order valence-electron chi connectivity index (χ1n) is 3.68. The normalized spacial score (nSPS) is 9.50. The molecule has 0 spiro atoms. The number of rotatable bonds is 3. The molecular weight excluding hydrogens is 252 g/mol. The van der Waals surface area contributed by atoms with Crippen LogP contribution in [0.3, 0.4) is 0 Å². The van der Waals surface area contributed by atoms with E-state index in [1.165, 1.54) is 18.5 Å². The third-order valence-corrected chi connectivity index (χ3v) is 1.79. The third-order valence-electron chi connectivity index (χ3n) is 1.36. The van der Waals surface area contributed by atoms with Crippen LogP contribution in [0.2, 0.25) is 0 Å². The van der Waals surface area contributed by atoms with Crippen molar-refractivity contribution in [2.75, 3.05) is 6.54 Å². The van der Waals surface area contributed by atoms with Crippen molar-refractivity contribution in [2.45, 2.75) is 0 Å². The summed E-state index contributed by atoms with van der Waals surface area (Å²) < 4.78 is 0.651. The molecule has 0 fully saturated rings. The first-order chi connectivity index (χ1) is 6.59. The number of hydrogen-bond donors (Lipinski definition) is 1. The second-order valence-electron chi connectivity index (χ2n) is 2.45. The topological polar surface area (TPSA) is 82.1 Å². The van der Waals surface area contributed by atoms with Crippen molar-refractivity contribution in [3.8, 4) is 0 Å². The van der Waals surface area contributed by atoms with Crippen LogP contribution in [0.25, 0.3) is 0 Å². The number of carbonyl (C=O) groups excluding carboxylic acids is 2. The van der Waals surface area contributed by atoms with E-state index >= 15 is 0 Å². The highest BCUT2D eigenvalue weighted by Gasteiger charge is 2.04. The van der Waals surface area contributed by atoms with Crippen LogP contribution in [-0.2, 0) is 4.79 Å². The van der Waals surface area contributed by atoms with Gasteiger partial charge in [-0.3, -0.25) is 9.78 Å². The Hall–Kier alpha value is -1.43. The minimum absolute atomic E-state index is 0.292. The number of carboxylic acid groups (broad SMARTS) is 1. The highest BCUT2D eigenvalue weighted by molar-refractivity contribution is 9.10. The SMILES string of the molecule is O=C([O-])CNC(=O)c1cncc(Br)c1. The van der Waals surface area contributed by atoms with Crippen molar-refractivity contribution in [1.82, 2.24) is 10.3 Å². The summed E-state index contributed by atoms with van der Waals surface area (Å²) in [6, 6.07) is 1.54. The summed E-state index contributed by atoms with van der Waals surface area (Å²) in [5, 5.41) is 12.2. The van der Waals surface area contributed by atoms with Gasteiger partial charge in [-0.15, -0.1) is 0 Å². The van der Waals surface area contributed by atoms with Gasteiger partial charge < -0.3 is 15.2 Å². The van der Waals surface area contributed by atoms with E-state index in [-0.39, 0.29) is 0 Å². The molecule has 0 unspecified atom stereocenters. The zero-order chi connectivity index (χ0) is 10.6. The molecule has 0 aliphatic heterocycles. The number of hydrogen-bond acceptors (Lipinski definition) is 4. The highest BCUT2D eigenvalue weighted by atomic mass is 79.9. The summed E-state index contributed by atoms with van der Waals surface area (Å²) >= 11 is 3.14. The van der Waals surface area contributed by atoms with E-state index in [1.54, 1.807) is 0 Å². The maximum absolute atomic E-state index is 11.2. The van der Waals surface area contributed by atoms with Gasteiger partial charge in [-0.05, 0) is 22.0 Å². The number of pyridine rings is 1. The standard InChI is InChI=1S/C8H7BrN2O3/c9-6-1-5(2-10-3-6)8(14)11-4-7(12)13/h1-3H,4H2,(H,11,14)(H,12,13)/p-1. The van der Waals surface area contributed by atoms with Crippen molar-refractivity contribution in [1.29, 1.82) is 0 Å². The Bertz CT molecular complexity index is 367. The van der Waals surface area contributed by atoms with Gasteiger partial charge in [0.25, 0.3) is 5.91 Å². The minimum Gasteiger partial charge on any atom is -0.548 e. The predicted octanol–water partition coefficient (Wildman–Crippen LogP) is -0.676. The molecule has 0 saturated heterocycles. The predicted molar refractivity (Wildman–Crippen MR) is 49.3 cm³/mol. The second kappa shape index (κ2) is 4.71. The number of carbonyl (C=O) groups is 2. The largest absolute Gasteiger partial charge is 0.548 e. The van der Waals surface area contributed by atoms with Crippen LogP contribution >= 0.6 is 15.9 Å². The lowest BCUT2D eigenvalue weighted by Gasteiger charge is -2.05. The Morgan fingerprint density at radius 3 is 2.79 bits per heavy atom. The quantitative estimate of drug-likeness (QED) is 0.779. The lowest BCUT2D eigenvalue weighted by molar-refractivity contribution is -0.303. The zero-order valence-corrected chi connectivity index (χ0v) is 8.58. The van der Waals surface area contributed by atoms with Crippen LogP contribution < -0.4 is 10.4 Å². The van der Waals surface area contributed by atoms with E-state index in [0.29, 0.717) is 10.0 Å². The molecule has 1 aromatic heterocycles. The van der Waals surface area contributed by atoms with Crippen molar-refractivity contribution in [2.24, 2.45) is 0 Å². The molecule has 0 aromatic carbocycles. The Morgan fingerprint density at radius 2 is 2.21 bits per heavy atom. The van der Waals surface area contributed by atoms with E-state index in [9.17, 15) is 14.7 Å². The Labute approximate surface area is 88.3 Å². The van der Waals surface area contributed by atoms with Gasteiger partial charge in [0, 0.05) is 16.9 Å². The summed E-state index contributed by atoms with van der Waals surface area (Å²) in [7, 11) is 0. The maximum Gasteiger partial charge on any atom is 0.253 e. The molecular formula is C8H6BrN2O3-. The molecule has 74 valence electrons. The minimum atomic E-state index is -1.33. The Morgan fingerprint density at radius 1 is 1.50 bits per heavy atom. The van der Waals surface area contributed by atoms with E-state index in [1.807, 2.05) is 0 Å². The molecule has 6 heteroatoms. The van der Waals surface area contributed by atoms with Gasteiger partial charge in [-0.25, -0.2) is 0 Å². The van der Waals surface area contributed by atoms with Crippen LogP contribution in [0, 0.1) is 0 Å². The van der Waals surface area contributed by atoms with Crippen LogP contribution in [0.1, 0.15) is 10.4 Å². The fourth-order valence-corrected chi connectivity index (χ4v) is 1.16. The lowest BCUT2D eigenvalue weighted by Crippen LogP contribution is -2.37. The van der Waals surface area contributed by atoms with Crippen LogP contribution in [0.4, 0.5) is 0 Å². The van der Waals surface area contributed by atoms with Gasteiger partial charge in [-0.2, -0.15) is 0 Å². The Balaban J connectivity index is 2.65. The first kappa shape index (κ1) is 10.6. The molecule has 1 N–H and O–H groups in total. The fourth-order valence-electron chi connectivity index (χ4n) is 0.791. The fraction of sp³-hybridized carbons (Fsp3) is 0.125. The number of nitrogens with zero attached hydrogens (tertiary/aromatic N) is 1. The first-order valence-corrected chi connectivity index (χ1v) is 4.47. The average molecular weight is 258 g/mol. The molecule has 0 radical (unpaired) electrons. The number of aliphatic carboxylic acids is 1. The molecule has 1 aromatic rings. The maximum atomic E-state index is 11.2. The van der Waals surface area contributed by atoms with Crippen molar-refractivity contribution in [3.63, 3.8) is 0 Å². The number of aromatic nitrogens is 1. The van der Waals surface area contributed by atoms with Gasteiger partial charge in [0.2, 0.25) is 0 Å². The average Bonchev–Trinajstić information content (AvgIpc) is 2.14. The molecule has 0 aliphatic carbocycles. The molecule has 14 heavy (non-hydrogen) atoms. The van der Waals surface area contributed by atoms with E-state index in [2.05, 4.69) is 26.2 Å². The summed E-state index contributed by atoms with van der Waals surface area (Å²) in [6.45, 7) is -0.509. The second-order valence-corrected chi connectivity index (χ2v) is 3.36. The van der Waals surface area contributed by atoms with Crippen LogP contribution in [0.5, 0.6) is 0 Å². The van der Waals surface area contributed by atoms with Gasteiger partial charge in [0.05, 0.1) is 18.1 Å². The van der Waals surface area contributed by atoms with E-state index < -0.39 is 18.4 Å². The molecule has 0 saturated carbocycles. The van der Waals surface area contributed by atoms with E-state index in [0.717, 1.165) is 0 Å². The van der Waals surface area contributed by atoms with Crippen molar-refractivity contribution >= 4 is 27.8 Å². The molecule has 0 aliphatic rings. The highest BCUT2D eigenvalue weighted by Crippen LogP contribution is 2.08. The van der Waals surface area contributed by atoms with Crippen LogP contribution in [0.15, 0.2) is 22.9 Å². The van der Waals surface area contributed by atoms with Gasteiger partial charge in [-0.1, -0.05) is 0 Å². The summed E-state index contributed by atoms with van der Waals surface area (Å²) in [5.74, 6) is -1.83. The molecule has 0 atom stereocenters. The lowest BCUT2D eigenvalue weighted by atomic mass is 10.3. The molecule has 1 rings (SSSR count). The van der Waals surface area contributed by atoms with Gasteiger partial charge >= 0.3 is 0 Å². The molecule has 0 bridgehead atoms. The summed E-state index contributed by atoms with van der Waals surface area (Å²) in [4.78, 5) is 25.1. The van der Waals surface area contributed by atoms with E-state index in [4.69, 9.17) is 0 Å². The smallest absolute Gasteiger partial charge is 0.253 e. The van der Waals surface area contributed by atoms with Crippen molar-refractivity contribution < 1.29 is 14.7 Å². The van der Waals surface area contributed by atoms with Gasteiger partial charge in [0.1, 0.15) is 0 Å². The number of carboxylic acids is 1. The molecule has 1 amide bonds. The number of amides is 1. The molecule has 1 heterocycles. The number of nitrogens with one attached hydrogen (secondary N) is 1. The Kier molecular flexibility index (Phi) is 3.58. The zero-order valence-electron chi connectivity index (χ0n) is 6.99. The van der Waals surface area contributed by atoms with Gasteiger partial charge in [0.15, 0.2) is 0 Å². The van der Waals surface area contributed by atoms with Crippen LogP contribution in [-0.4, -0.2) is 23.4 Å². The summed E-state index contributed by atoms with van der Waals surface area (Å²) in [5.41, 5.74) is 0.292. The third kappa shape index (κ3) is 3.14. The monoisotopic (exact) mass is 257 g/mol. The van der Waals surface area contributed by atoms with Crippen molar-refractivity contribution in [3.05, 3.63) is 28.5 Å².